The average Bonchev–Trinajstić information content (AvgIpc) is 2.94. The molecule has 1 aromatic carbocycles. The van der Waals surface area contributed by atoms with Crippen LogP contribution in [-0.2, 0) is 4.79 Å². The second kappa shape index (κ2) is 7.37. The van der Waals surface area contributed by atoms with Crippen molar-refractivity contribution in [2.45, 2.75) is 26.8 Å². The standard InChI is InChI=1S/C19H27N5O/c1-13-14(2)21-18(20-13)16-6-5-7-17(12-16)22-19(25)15(3)24-10-8-23(4)9-11-24/h5-7,12,15H,8-11H2,1-4H3,(H,20,21)(H,22,25). The number of aromatic amines is 1. The number of aromatic nitrogens is 2. The molecule has 1 aromatic heterocycles. The summed E-state index contributed by atoms with van der Waals surface area (Å²) in [5.74, 6) is 0.867. The number of hydrogen-bond donors (Lipinski definition) is 2. The maximum absolute atomic E-state index is 12.6. The van der Waals surface area contributed by atoms with Crippen molar-refractivity contribution in [2.24, 2.45) is 0 Å². The van der Waals surface area contributed by atoms with Gasteiger partial charge in [-0.3, -0.25) is 9.69 Å². The molecule has 0 saturated carbocycles. The van der Waals surface area contributed by atoms with Crippen LogP contribution in [0.25, 0.3) is 11.4 Å². The number of imidazole rings is 1. The molecule has 6 heteroatoms. The predicted octanol–water partition coefficient (Wildman–Crippen LogP) is 2.27. The first-order chi connectivity index (χ1) is 11.9. The number of amides is 1. The van der Waals surface area contributed by atoms with Crippen LogP contribution < -0.4 is 5.32 Å². The molecule has 134 valence electrons. The topological polar surface area (TPSA) is 64.3 Å². The smallest absolute Gasteiger partial charge is 0.241 e. The van der Waals surface area contributed by atoms with Crippen LogP contribution in [0.1, 0.15) is 18.3 Å². The molecule has 1 amide bonds. The number of carbonyl (C=O) groups is 1. The minimum atomic E-state index is -0.134. The van der Waals surface area contributed by atoms with E-state index in [1.807, 2.05) is 45.0 Å². The van der Waals surface area contributed by atoms with Gasteiger partial charge in [0.25, 0.3) is 0 Å². The molecule has 25 heavy (non-hydrogen) atoms. The third-order valence-corrected chi connectivity index (χ3v) is 5.00. The molecule has 0 radical (unpaired) electrons. The Balaban J connectivity index is 1.68. The Kier molecular flexibility index (Phi) is 5.20. The summed E-state index contributed by atoms with van der Waals surface area (Å²) in [7, 11) is 2.12. The van der Waals surface area contributed by atoms with Gasteiger partial charge in [0, 0.05) is 43.1 Å². The Bertz CT molecular complexity index is 727. The van der Waals surface area contributed by atoms with Gasteiger partial charge in [-0.15, -0.1) is 0 Å². The van der Waals surface area contributed by atoms with Crippen LogP contribution in [-0.4, -0.2) is 64.9 Å². The molecule has 2 heterocycles. The fourth-order valence-electron chi connectivity index (χ4n) is 3.05. The van der Waals surface area contributed by atoms with Crippen LogP contribution >= 0.6 is 0 Å². The maximum atomic E-state index is 12.6. The first-order valence-electron chi connectivity index (χ1n) is 8.81. The van der Waals surface area contributed by atoms with Crippen molar-refractivity contribution in [2.75, 3.05) is 38.5 Å². The van der Waals surface area contributed by atoms with E-state index in [-0.39, 0.29) is 11.9 Å². The molecule has 1 fully saturated rings. The van der Waals surface area contributed by atoms with E-state index >= 15 is 0 Å². The molecule has 1 saturated heterocycles. The van der Waals surface area contributed by atoms with Gasteiger partial charge in [0.05, 0.1) is 11.7 Å². The van der Waals surface area contributed by atoms with Gasteiger partial charge in [-0.1, -0.05) is 12.1 Å². The first kappa shape index (κ1) is 17.6. The van der Waals surface area contributed by atoms with E-state index in [0.717, 1.165) is 54.6 Å². The Morgan fingerprint density at radius 1 is 1.24 bits per heavy atom. The first-order valence-corrected chi connectivity index (χ1v) is 8.81. The van der Waals surface area contributed by atoms with Gasteiger partial charge in [0.2, 0.25) is 5.91 Å². The lowest BCUT2D eigenvalue weighted by molar-refractivity contribution is -0.121. The fourth-order valence-corrected chi connectivity index (χ4v) is 3.05. The summed E-state index contributed by atoms with van der Waals surface area (Å²) in [5.41, 5.74) is 3.83. The highest BCUT2D eigenvalue weighted by molar-refractivity contribution is 5.95. The number of likely N-dealkylation sites (N-methyl/N-ethyl adjacent to an activating group) is 1. The third kappa shape index (κ3) is 4.08. The lowest BCUT2D eigenvalue weighted by Gasteiger charge is -2.35. The van der Waals surface area contributed by atoms with Crippen LogP contribution in [0.4, 0.5) is 5.69 Å². The average molecular weight is 341 g/mol. The van der Waals surface area contributed by atoms with Crippen LogP contribution in [0.15, 0.2) is 24.3 Å². The molecule has 0 spiro atoms. The highest BCUT2D eigenvalue weighted by atomic mass is 16.2. The van der Waals surface area contributed by atoms with Gasteiger partial charge in [-0.2, -0.15) is 0 Å². The van der Waals surface area contributed by atoms with Crippen molar-refractivity contribution in [3.05, 3.63) is 35.7 Å². The van der Waals surface area contributed by atoms with Crippen molar-refractivity contribution in [1.29, 1.82) is 0 Å². The molecule has 3 rings (SSSR count). The van der Waals surface area contributed by atoms with Crippen LogP contribution in [0.5, 0.6) is 0 Å². The van der Waals surface area contributed by atoms with E-state index in [2.05, 4.69) is 32.1 Å². The minimum absolute atomic E-state index is 0.0357. The van der Waals surface area contributed by atoms with Gasteiger partial charge in [-0.05, 0) is 40.0 Å². The van der Waals surface area contributed by atoms with E-state index < -0.39 is 0 Å². The highest BCUT2D eigenvalue weighted by Crippen LogP contribution is 2.21. The van der Waals surface area contributed by atoms with Crippen LogP contribution in [0.2, 0.25) is 0 Å². The van der Waals surface area contributed by atoms with Gasteiger partial charge < -0.3 is 15.2 Å². The van der Waals surface area contributed by atoms with E-state index in [4.69, 9.17) is 0 Å². The number of aryl methyl sites for hydroxylation is 2. The summed E-state index contributed by atoms with van der Waals surface area (Å²) in [6.07, 6.45) is 0. The van der Waals surface area contributed by atoms with E-state index in [9.17, 15) is 4.79 Å². The molecule has 2 N–H and O–H groups in total. The second-order valence-corrected chi connectivity index (χ2v) is 6.88. The lowest BCUT2D eigenvalue weighted by atomic mass is 10.1. The summed E-state index contributed by atoms with van der Waals surface area (Å²) in [4.78, 5) is 25.0. The zero-order valence-electron chi connectivity index (χ0n) is 15.5. The minimum Gasteiger partial charge on any atom is -0.342 e. The quantitative estimate of drug-likeness (QED) is 0.895. The van der Waals surface area contributed by atoms with Crippen molar-refractivity contribution < 1.29 is 4.79 Å². The Labute approximate surface area is 149 Å². The summed E-state index contributed by atoms with van der Waals surface area (Å²) >= 11 is 0. The summed E-state index contributed by atoms with van der Waals surface area (Å²) < 4.78 is 0. The van der Waals surface area contributed by atoms with Gasteiger partial charge in [-0.25, -0.2) is 4.98 Å². The highest BCUT2D eigenvalue weighted by Gasteiger charge is 2.24. The molecule has 1 unspecified atom stereocenters. The molecule has 0 bridgehead atoms. The summed E-state index contributed by atoms with van der Waals surface area (Å²) in [5, 5.41) is 3.05. The Morgan fingerprint density at radius 3 is 2.60 bits per heavy atom. The molecule has 6 nitrogen and oxygen atoms in total. The van der Waals surface area contributed by atoms with Crippen molar-refractivity contribution in [3.8, 4) is 11.4 Å². The number of anilines is 1. The summed E-state index contributed by atoms with van der Waals surface area (Å²) in [6.45, 7) is 9.83. The normalized spacial score (nSPS) is 17.4. The van der Waals surface area contributed by atoms with Gasteiger partial charge in [0.15, 0.2) is 0 Å². The van der Waals surface area contributed by atoms with Crippen LogP contribution in [0.3, 0.4) is 0 Å². The van der Waals surface area contributed by atoms with E-state index in [0.29, 0.717) is 0 Å². The number of carbonyl (C=O) groups excluding carboxylic acids is 1. The number of benzene rings is 1. The van der Waals surface area contributed by atoms with Crippen molar-refractivity contribution in [3.63, 3.8) is 0 Å². The number of H-pyrrole nitrogens is 1. The number of hydrogen-bond acceptors (Lipinski definition) is 4. The lowest BCUT2D eigenvalue weighted by Crippen LogP contribution is -2.51. The number of piperazine rings is 1. The fraction of sp³-hybridized carbons (Fsp3) is 0.474. The van der Waals surface area contributed by atoms with Gasteiger partial charge >= 0.3 is 0 Å². The molecule has 1 aliphatic rings. The predicted molar refractivity (Wildman–Crippen MR) is 101 cm³/mol. The molecule has 1 atom stereocenters. The second-order valence-electron chi connectivity index (χ2n) is 6.88. The van der Waals surface area contributed by atoms with Gasteiger partial charge in [0.1, 0.15) is 5.82 Å². The van der Waals surface area contributed by atoms with Crippen molar-refractivity contribution in [1.82, 2.24) is 19.8 Å². The largest absolute Gasteiger partial charge is 0.342 e. The molecule has 1 aliphatic heterocycles. The SMILES string of the molecule is Cc1nc(-c2cccc(NC(=O)C(C)N3CCN(C)CC3)c2)[nH]c1C. The molecule has 0 aliphatic carbocycles. The van der Waals surface area contributed by atoms with Crippen LogP contribution in [0, 0.1) is 13.8 Å². The monoisotopic (exact) mass is 341 g/mol. The molecular weight excluding hydrogens is 314 g/mol. The Morgan fingerprint density at radius 2 is 1.96 bits per heavy atom. The number of nitrogens with one attached hydrogen (secondary N) is 2. The molecular formula is C19H27N5O. The summed E-state index contributed by atoms with van der Waals surface area (Å²) in [6, 6.07) is 7.69. The molecule has 2 aromatic rings. The zero-order valence-corrected chi connectivity index (χ0v) is 15.5. The van der Waals surface area contributed by atoms with Crippen molar-refractivity contribution >= 4 is 11.6 Å². The number of rotatable bonds is 4. The Hall–Kier alpha value is -2.18. The zero-order chi connectivity index (χ0) is 18.0. The maximum Gasteiger partial charge on any atom is 0.241 e. The van der Waals surface area contributed by atoms with E-state index in [1.165, 1.54) is 0 Å². The number of nitrogens with zero attached hydrogens (tertiary/aromatic N) is 3. The third-order valence-electron chi connectivity index (χ3n) is 5.00. The van der Waals surface area contributed by atoms with E-state index in [1.54, 1.807) is 0 Å².